The summed E-state index contributed by atoms with van der Waals surface area (Å²) in [6.45, 7) is 4.08. The molecule has 0 bridgehead atoms. The van der Waals surface area contributed by atoms with E-state index in [-0.39, 0.29) is 5.91 Å². The minimum atomic E-state index is -0.461. The number of carbonyl (C=O) groups excluding carboxylic acids is 1. The molecule has 1 aromatic rings. The van der Waals surface area contributed by atoms with Crippen molar-refractivity contribution in [2.45, 2.75) is 26.3 Å². The monoisotopic (exact) mass is 236 g/mol. The molecule has 0 saturated carbocycles. The van der Waals surface area contributed by atoms with Crippen molar-refractivity contribution in [3.05, 3.63) is 24.3 Å². The van der Waals surface area contributed by atoms with Gasteiger partial charge in [0.25, 0.3) is 0 Å². The van der Waals surface area contributed by atoms with Gasteiger partial charge < -0.3 is 15.8 Å². The number of benzene rings is 1. The average Bonchev–Trinajstić information content (AvgIpc) is 2.29. The summed E-state index contributed by atoms with van der Waals surface area (Å²) < 4.78 is 5.04. The van der Waals surface area contributed by atoms with Gasteiger partial charge in [-0.15, -0.1) is 0 Å². The fourth-order valence-electron chi connectivity index (χ4n) is 1.52. The number of hydrogen-bond acceptors (Lipinski definition) is 3. The summed E-state index contributed by atoms with van der Waals surface area (Å²) in [5.74, 6) is 1.02. The van der Waals surface area contributed by atoms with Gasteiger partial charge in [0.05, 0.1) is 13.2 Å². The molecule has 0 spiro atoms. The third kappa shape index (κ3) is 4.44. The Labute approximate surface area is 102 Å². The highest BCUT2D eigenvalue weighted by Gasteiger charge is 2.14. The van der Waals surface area contributed by atoms with Crippen LogP contribution >= 0.6 is 0 Å². The summed E-state index contributed by atoms with van der Waals surface area (Å²) in [5.41, 5.74) is 6.52. The number of amides is 1. The maximum Gasteiger partial charge on any atom is 0.241 e. The molecule has 0 fully saturated rings. The predicted molar refractivity (Wildman–Crippen MR) is 69.1 cm³/mol. The Morgan fingerprint density at radius 3 is 2.41 bits per heavy atom. The molecule has 0 aliphatic carbocycles. The summed E-state index contributed by atoms with van der Waals surface area (Å²) in [7, 11) is 1.60. The van der Waals surface area contributed by atoms with Gasteiger partial charge in [0.2, 0.25) is 5.91 Å². The summed E-state index contributed by atoms with van der Waals surface area (Å²) in [6, 6.07) is 6.71. The first kappa shape index (κ1) is 13.5. The summed E-state index contributed by atoms with van der Waals surface area (Å²) in [5, 5.41) is 2.78. The lowest BCUT2D eigenvalue weighted by molar-refractivity contribution is -0.117. The molecule has 0 aliphatic heterocycles. The number of carbonyl (C=O) groups is 1. The van der Waals surface area contributed by atoms with E-state index in [0.717, 1.165) is 11.4 Å². The second-order valence-electron chi connectivity index (χ2n) is 4.45. The lowest BCUT2D eigenvalue weighted by Gasteiger charge is -2.14. The third-order valence-electron chi connectivity index (χ3n) is 2.42. The van der Waals surface area contributed by atoms with Crippen molar-refractivity contribution >= 4 is 11.6 Å². The number of rotatable bonds is 5. The van der Waals surface area contributed by atoms with Crippen LogP contribution in [0.2, 0.25) is 0 Å². The van der Waals surface area contributed by atoms with Crippen LogP contribution in [0.4, 0.5) is 5.69 Å². The molecule has 0 saturated heterocycles. The third-order valence-corrected chi connectivity index (χ3v) is 2.42. The Bertz CT molecular complexity index is 360. The van der Waals surface area contributed by atoms with E-state index in [2.05, 4.69) is 5.32 Å². The zero-order valence-electron chi connectivity index (χ0n) is 10.6. The fraction of sp³-hybridized carbons (Fsp3) is 0.462. The number of hydrogen-bond donors (Lipinski definition) is 2. The smallest absolute Gasteiger partial charge is 0.241 e. The number of nitrogens with one attached hydrogen (secondary N) is 1. The SMILES string of the molecule is COc1ccc(NC(=O)[C@H](N)CC(C)C)cc1. The van der Waals surface area contributed by atoms with Crippen LogP contribution in [-0.2, 0) is 4.79 Å². The second kappa shape index (κ2) is 6.25. The zero-order valence-corrected chi connectivity index (χ0v) is 10.6. The first-order valence-corrected chi connectivity index (χ1v) is 5.73. The Kier molecular flexibility index (Phi) is 4.97. The van der Waals surface area contributed by atoms with Crippen LogP contribution in [0.1, 0.15) is 20.3 Å². The molecule has 0 heterocycles. The van der Waals surface area contributed by atoms with E-state index in [1.54, 1.807) is 31.4 Å². The highest BCUT2D eigenvalue weighted by Crippen LogP contribution is 2.15. The van der Waals surface area contributed by atoms with Crippen LogP contribution in [0.25, 0.3) is 0 Å². The Morgan fingerprint density at radius 2 is 1.94 bits per heavy atom. The van der Waals surface area contributed by atoms with Gasteiger partial charge in [-0.1, -0.05) is 13.8 Å². The van der Waals surface area contributed by atoms with Crippen molar-refractivity contribution < 1.29 is 9.53 Å². The zero-order chi connectivity index (χ0) is 12.8. The Morgan fingerprint density at radius 1 is 1.35 bits per heavy atom. The molecular formula is C13H20N2O2. The van der Waals surface area contributed by atoms with Crippen LogP contribution in [0.3, 0.4) is 0 Å². The van der Waals surface area contributed by atoms with Gasteiger partial charge in [0.15, 0.2) is 0 Å². The van der Waals surface area contributed by atoms with E-state index in [4.69, 9.17) is 10.5 Å². The van der Waals surface area contributed by atoms with Gasteiger partial charge in [-0.05, 0) is 36.6 Å². The van der Waals surface area contributed by atoms with Crippen LogP contribution in [0.15, 0.2) is 24.3 Å². The van der Waals surface area contributed by atoms with E-state index >= 15 is 0 Å². The van der Waals surface area contributed by atoms with Gasteiger partial charge >= 0.3 is 0 Å². The van der Waals surface area contributed by atoms with E-state index < -0.39 is 6.04 Å². The van der Waals surface area contributed by atoms with Gasteiger partial charge in [0, 0.05) is 5.69 Å². The van der Waals surface area contributed by atoms with Gasteiger partial charge in [-0.2, -0.15) is 0 Å². The van der Waals surface area contributed by atoms with Crippen LogP contribution in [-0.4, -0.2) is 19.1 Å². The molecule has 1 amide bonds. The standard InChI is InChI=1S/C13H20N2O2/c1-9(2)8-12(14)13(16)15-10-4-6-11(17-3)7-5-10/h4-7,9,12H,8,14H2,1-3H3,(H,15,16)/t12-/m1/s1. The lowest BCUT2D eigenvalue weighted by atomic mass is 10.0. The first-order valence-electron chi connectivity index (χ1n) is 5.73. The maximum atomic E-state index is 11.7. The molecule has 1 atom stereocenters. The molecule has 0 aliphatic rings. The minimum absolute atomic E-state index is 0.149. The van der Waals surface area contributed by atoms with Crippen LogP contribution in [0, 0.1) is 5.92 Å². The minimum Gasteiger partial charge on any atom is -0.497 e. The normalized spacial score (nSPS) is 12.3. The largest absolute Gasteiger partial charge is 0.497 e. The molecule has 0 aromatic heterocycles. The van der Waals surface area contributed by atoms with E-state index in [0.29, 0.717) is 12.3 Å². The van der Waals surface area contributed by atoms with Crippen LogP contribution < -0.4 is 15.8 Å². The number of ether oxygens (including phenoxy) is 1. The topological polar surface area (TPSA) is 64.3 Å². The molecule has 0 unspecified atom stereocenters. The highest BCUT2D eigenvalue weighted by molar-refractivity contribution is 5.94. The highest BCUT2D eigenvalue weighted by atomic mass is 16.5. The van der Waals surface area contributed by atoms with Crippen molar-refractivity contribution in [2.24, 2.45) is 11.7 Å². The molecular weight excluding hydrogens is 216 g/mol. The van der Waals surface area contributed by atoms with Crippen molar-refractivity contribution in [2.75, 3.05) is 12.4 Å². The predicted octanol–water partition coefficient (Wildman–Crippen LogP) is 2.01. The molecule has 4 heteroatoms. The number of nitrogens with two attached hydrogens (primary N) is 1. The Hall–Kier alpha value is -1.55. The van der Waals surface area contributed by atoms with Crippen molar-refractivity contribution in [1.82, 2.24) is 0 Å². The lowest BCUT2D eigenvalue weighted by Crippen LogP contribution is -2.36. The molecule has 1 aromatic carbocycles. The van der Waals surface area contributed by atoms with Crippen molar-refractivity contribution in [3.8, 4) is 5.75 Å². The first-order chi connectivity index (χ1) is 8.02. The second-order valence-corrected chi connectivity index (χ2v) is 4.45. The summed E-state index contributed by atoms with van der Waals surface area (Å²) >= 11 is 0. The summed E-state index contributed by atoms with van der Waals surface area (Å²) in [6.07, 6.45) is 0.683. The summed E-state index contributed by atoms with van der Waals surface area (Å²) in [4.78, 5) is 11.7. The molecule has 3 N–H and O–H groups in total. The molecule has 17 heavy (non-hydrogen) atoms. The Balaban J connectivity index is 2.55. The quantitative estimate of drug-likeness (QED) is 0.822. The molecule has 4 nitrogen and oxygen atoms in total. The average molecular weight is 236 g/mol. The van der Waals surface area contributed by atoms with Gasteiger partial charge in [-0.3, -0.25) is 4.79 Å². The van der Waals surface area contributed by atoms with Gasteiger partial charge in [-0.25, -0.2) is 0 Å². The van der Waals surface area contributed by atoms with Crippen LogP contribution in [0.5, 0.6) is 5.75 Å². The fourth-order valence-corrected chi connectivity index (χ4v) is 1.52. The number of methoxy groups -OCH3 is 1. The molecule has 94 valence electrons. The maximum absolute atomic E-state index is 11.7. The van der Waals surface area contributed by atoms with E-state index in [1.807, 2.05) is 13.8 Å². The molecule has 1 rings (SSSR count). The van der Waals surface area contributed by atoms with E-state index in [1.165, 1.54) is 0 Å². The van der Waals surface area contributed by atoms with Gasteiger partial charge in [0.1, 0.15) is 5.75 Å². The van der Waals surface area contributed by atoms with Crippen molar-refractivity contribution in [3.63, 3.8) is 0 Å². The number of anilines is 1. The molecule has 0 radical (unpaired) electrons. The van der Waals surface area contributed by atoms with E-state index in [9.17, 15) is 4.79 Å². The van der Waals surface area contributed by atoms with Crippen molar-refractivity contribution in [1.29, 1.82) is 0 Å².